The number of carbonyl (C=O) groups is 1. The van der Waals surface area contributed by atoms with Gasteiger partial charge in [-0.15, -0.1) is 0 Å². The van der Waals surface area contributed by atoms with E-state index in [1.807, 2.05) is 11.8 Å². The molecule has 1 nitrogen and oxygen atoms in total. The SMILES string of the molecule is O=C(C1CCCCC1)C1CSC1. The van der Waals surface area contributed by atoms with E-state index >= 15 is 0 Å². The Morgan fingerprint density at radius 2 is 1.67 bits per heavy atom. The van der Waals surface area contributed by atoms with Gasteiger partial charge < -0.3 is 0 Å². The summed E-state index contributed by atoms with van der Waals surface area (Å²) in [6.07, 6.45) is 6.29. The zero-order valence-corrected chi connectivity index (χ0v) is 8.24. The average Bonchev–Trinajstić information content (AvgIpc) is 2.03. The zero-order valence-electron chi connectivity index (χ0n) is 7.42. The van der Waals surface area contributed by atoms with Gasteiger partial charge in [0.2, 0.25) is 0 Å². The fraction of sp³-hybridized carbons (Fsp3) is 0.900. The smallest absolute Gasteiger partial charge is 0.140 e. The highest BCUT2D eigenvalue weighted by Crippen LogP contribution is 2.33. The predicted molar refractivity (Wildman–Crippen MR) is 52.4 cm³/mol. The van der Waals surface area contributed by atoms with E-state index in [-0.39, 0.29) is 0 Å². The largest absolute Gasteiger partial charge is 0.299 e. The lowest BCUT2D eigenvalue weighted by Crippen LogP contribution is -2.33. The van der Waals surface area contributed by atoms with Crippen LogP contribution in [0.5, 0.6) is 0 Å². The Labute approximate surface area is 78.3 Å². The minimum absolute atomic E-state index is 0.443. The molecule has 1 heterocycles. The lowest BCUT2D eigenvalue weighted by molar-refractivity contribution is -0.126. The van der Waals surface area contributed by atoms with Crippen LogP contribution >= 0.6 is 11.8 Å². The Balaban J connectivity index is 1.84. The van der Waals surface area contributed by atoms with Crippen LogP contribution in [0.2, 0.25) is 0 Å². The number of hydrogen-bond acceptors (Lipinski definition) is 2. The normalized spacial score (nSPS) is 26.7. The highest BCUT2D eigenvalue weighted by Gasteiger charge is 2.31. The van der Waals surface area contributed by atoms with Crippen LogP contribution in [0.3, 0.4) is 0 Å². The van der Waals surface area contributed by atoms with Crippen molar-refractivity contribution in [1.82, 2.24) is 0 Å². The molecule has 0 unspecified atom stereocenters. The van der Waals surface area contributed by atoms with Crippen molar-refractivity contribution in [3.05, 3.63) is 0 Å². The van der Waals surface area contributed by atoms with Crippen molar-refractivity contribution >= 4 is 17.5 Å². The van der Waals surface area contributed by atoms with Crippen molar-refractivity contribution in [3.8, 4) is 0 Å². The second kappa shape index (κ2) is 3.82. The lowest BCUT2D eigenvalue weighted by Gasteiger charge is -2.29. The highest BCUT2D eigenvalue weighted by atomic mass is 32.2. The zero-order chi connectivity index (χ0) is 8.39. The Hall–Kier alpha value is 0.0200. The minimum Gasteiger partial charge on any atom is -0.299 e. The molecule has 1 saturated carbocycles. The maximum atomic E-state index is 11.8. The molecular weight excluding hydrogens is 168 g/mol. The van der Waals surface area contributed by atoms with Crippen molar-refractivity contribution in [2.45, 2.75) is 32.1 Å². The number of thioether (sulfide) groups is 1. The summed E-state index contributed by atoms with van der Waals surface area (Å²) in [5.41, 5.74) is 0. The molecule has 0 aromatic carbocycles. The van der Waals surface area contributed by atoms with Crippen LogP contribution < -0.4 is 0 Å². The summed E-state index contributed by atoms with van der Waals surface area (Å²) >= 11 is 1.92. The fourth-order valence-corrected chi connectivity index (χ4v) is 2.92. The molecule has 1 aliphatic heterocycles. The minimum atomic E-state index is 0.443. The van der Waals surface area contributed by atoms with Crippen LogP contribution in [0.1, 0.15) is 32.1 Å². The molecule has 2 rings (SSSR count). The molecule has 0 N–H and O–H groups in total. The topological polar surface area (TPSA) is 17.1 Å². The second-order valence-corrected chi connectivity index (χ2v) is 5.05. The Bertz CT molecular complexity index is 169. The van der Waals surface area contributed by atoms with Gasteiger partial charge in [0, 0.05) is 23.3 Å². The molecule has 2 heteroatoms. The molecular formula is C10H16OS. The van der Waals surface area contributed by atoms with Gasteiger partial charge in [-0.25, -0.2) is 0 Å². The number of hydrogen-bond donors (Lipinski definition) is 0. The van der Waals surface area contributed by atoms with Gasteiger partial charge in [-0.3, -0.25) is 4.79 Å². The Morgan fingerprint density at radius 3 is 2.17 bits per heavy atom. The van der Waals surface area contributed by atoms with E-state index in [4.69, 9.17) is 0 Å². The highest BCUT2D eigenvalue weighted by molar-refractivity contribution is 8.00. The molecule has 0 aromatic heterocycles. The van der Waals surface area contributed by atoms with Crippen LogP contribution in [-0.2, 0) is 4.79 Å². The maximum Gasteiger partial charge on any atom is 0.140 e. The van der Waals surface area contributed by atoms with Crippen LogP contribution in [0.4, 0.5) is 0 Å². The molecule has 0 spiro atoms. The van der Waals surface area contributed by atoms with Gasteiger partial charge in [-0.05, 0) is 12.8 Å². The van der Waals surface area contributed by atoms with Crippen molar-refractivity contribution in [2.75, 3.05) is 11.5 Å². The van der Waals surface area contributed by atoms with Crippen LogP contribution in [0.25, 0.3) is 0 Å². The number of carbonyl (C=O) groups excluding carboxylic acids is 1. The van der Waals surface area contributed by atoms with Gasteiger partial charge in [0.05, 0.1) is 0 Å². The molecule has 1 aliphatic carbocycles. The van der Waals surface area contributed by atoms with Crippen molar-refractivity contribution in [2.24, 2.45) is 11.8 Å². The third kappa shape index (κ3) is 1.68. The predicted octanol–water partition coefficient (Wildman–Crippen LogP) is 2.50. The summed E-state index contributed by atoms with van der Waals surface area (Å²) in [6, 6.07) is 0. The lowest BCUT2D eigenvalue weighted by atomic mass is 9.82. The Kier molecular flexibility index (Phi) is 2.74. The molecule has 0 radical (unpaired) electrons. The van der Waals surface area contributed by atoms with Crippen LogP contribution in [-0.4, -0.2) is 17.3 Å². The third-order valence-electron chi connectivity index (χ3n) is 3.05. The van der Waals surface area contributed by atoms with Gasteiger partial charge >= 0.3 is 0 Å². The third-order valence-corrected chi connectivity index (χ3v) is 4.32. The van der Waals surface area contributed by atoms with E-state index in [0.29, 0.717) is 17.6 Å². The maximum absolute atomic E-state index is 11.8. The summed E-state index contributed by atoms with van der Waals surface area (Å²) in [6.45, 7) is 0. The molecule has 2 aliphatic rings. The van der Waals surface area contributed by atoms with E-state index in [2.05, 4.69) is 0 Å². The summed E-state index contributed by atoms with van der Waals surface area (Å²) in [5.74, 6) is 3.70. The van der Waals surface area contributed by atoms with Gasteiger partial charge in [0.1, 0.15) is 5.78 Å². The van der Waals surface area contributed by atoms with Crippen molar-refractivity contribution in [3.63, 3.8) is 0 Å². The molecule has 12 heavy (non-hydrogen) atoms. The van der Waals surface area contributed by atoms with Crippen molar-refractivity contribution in [1.29, 1.82) is 0 Å². The first-order valence-corrected chi connectivity index (χ1v) is 6.15. The standard InChI is InChI=1S/C10H16OS/c11-10(9-6-12-7-9)8-4-2-1-3-5-8/h8-9H,1-7H2. The van der Waals surface area contributed by atoms with E-state index in [9.17, 15) is 4.79 Å². The molecule has 0 amide bonds. The van der Waals surface area contributed by atoms with Crippen LogP contribution in [0.15, 0.2) is 0 Å². The second-order valence-electron chi connectivity index (χ2n) is 3.97. The fourth-order valence-electron chi connectivity index (χ4n) is 2.12. The number of rotatable bonds is 2. The first kappa shape index (κ1) is 8.61. The van der Waals surface area contributed by atoms with E-state index in [1.54, 1.807) is 0 Å². The molecule has 0 atom stereocenters. The molecule has 2 fully saturated rings. The van der Waals surface area contributed by atoms with E-state index in [0.717, 1.165) is 11.5 Å². The first-order valence-electron chi connectivity index (χ1n) is 4.99. The summed E-state index contributed by atoms with van der Waals surface area (Å²) in [7, 11) is 0. The summed E-state index contributed by atoms with van der Waals surface area (Å²) in [4.78, 5) is 11.8. The molecule has 68 valence electrons. The van der Waals surface area contributed by atoms with E-state index in [1.165, 1.54) is 32.1 Å². The molecule has 0 bridgehead atoms. The van der Waals surface area contributed by atoms with Crippen LogP contribution in [0, 0.1) is 11.8 Å². The number of Topliss-reactive ketones (excluding diaryl/α,β-unsaturated/α-hetero) is 1. The monoisotopic (exact) mass is 184 g/mol. The summed E-state index contributed by atoms with van der Waals surface area (Å²) in [5, 5.41) is 0. The quantitative estimate of drug-likeness (QED) is 0.656. The van der Waals surface area contributed by atoms with Gasteiger partial charge in [0.15, 0.2) is 0 Å². The first-order chi connectivity index (χ1) is 5.88. The number of ketones is 1. The van der Waals surface area contributed by atoms with Gasteiger partial charge in [0.25, 0.3) is 0 Å². The van der Waals surface area contributed by atoms with Gasteiger partial charge in [-0.1, -0.05) is 19.3 Å². The average molecular weight is 184 g/mol. The van der Waals surface area contributed by atoms with E-state index < -0.39 is 0 Å². The summed E-state index contributed by atoms with van der Waals surface area (Å²) < 4.78 is 0. The Morgan fingerprint density at radius 1 is 1.00 bits per heavy atom. The molecule has 0 aromatic rings. The van der Waals surface area contributed by atoms with Gasteiger partial charge in [-0.2, -0.15) is 11.8 Å². The molecule has 1 saturated heterocycles. The van der Waals surface area contributed by atoms with Crippen molar-refractivity contribution < 1.29 is 4.79 Å².